The molecule has 110 valence electrons. The van der Waals surface area contributed by atoms with E-state index in [0.29, 0.717) is 12.1 Å². The van der Waals surface area contributed by atoms with Crippen molar-refractivity contribution < 1.29 is 9.52 Å². The lowest BCUT2D eigenvalue weighted by atomic mass is 10.00. The molecule has 4 rings (SSSR count). The molecule has 21 heavy (non-hydrogen) atoms. The van der Waals surface area contributed by atoms with Crippen molar-refractivity contribution in [2.75, 3.05) is 0 Å². The first-order valence-corrected chi connectivity index (χ1v) is 7.73. The van der Waals surface area contributed by atoms with Crippen LogP contribution in [0.4, 0.5) is 0 Å². The topological polar surface area (TPSA) is 49.5 Å². The van der Waals surface area contributed by atoms with Gasteiger partial charge in [0.15, 0.2) is 5.76 Å². The molecule has 1 aromatic carbocycles. The van der Waals surface area contributed by atoms with Crippen LogP contribution in [-0.2, 0) is 6.54 Å². The van der Waals surface area contributed by atoms with Crippen LogP contribution in [-0.4, -0.2) is 33.2 Å². The Morgan fingerprint density at radius 3 is 2.57 bits per heavy atom. The van der Waals surface area contributed by atoms with Crippen molar-refractivity contribution in [3.63, 3.8) is 0 Å². The fourth-order valence-corrected chi connectivity index (χ4v) is 3.78. The maximum Gasteiger partial charge on any atom is 0.209 e. The predicted molar refractivity (Wildman–Crippen MR) is 79.5 cm³/mol. The van der Waals surface area contributed by atoms with E-state index in [0.717, 1.165) is 36.6 Å². The molecule has 2 unspecified atom stereocenters. The minimum atomic E-state index is -0.122. The van der Waals surface area contributed by atoms with Crippen LogP contribution in [0, 0.1) is 0 Å². The number of nitrogens with zero attached hydrogens (tertiary/aromatic N) is 2. The highest BCUT2D eigenvalue weighted by atomic mass is 16.4. The van der Waals surface area contributed by atoms with Crippen LogP contribution >= 0.6 is 0 Å². The fourth-order valence-electron chi connectivity index (χ4n) is 3.78. The molecule has 2 fully saturated rings. The van der Waals surface area contributed by atoms with E-state index in [4.69, 9.17) is 4.42 Å². The highest BCUT2D eigenvalue weighted by Gasteiger charge is 2.40. The van der Waals surface area contributed by atoms with Crippen molar-refractivity contribution >= 4 is 0 Å². The molecule has 4 nitrogen and oxygen atoms in total. The van der Waals surface area contributed by atoms with Crippen LogP contribution in [0.1, 0.15) is 31.6 Å². The summed E-state index contributed by atoms with van der Waals surface area (Å²) in [4.78, 5) is 6.90. The van der Waals surface area contributed by atoms with Crippen LogP contribution < -0.4 is 0 Å². The first-order chi connectivity index (χ1) is 10.3. The molecule has 4 heteroatoms. The molecule has 1 aromatic heterocycles. The summed E-state index contributed by atoms with van der Waals surface area (Å²) in [6.07, 6.45) is 5.85. The Labute approximate surface area is 124 Å². The minimum Gasteiger partial charge on any atom is -0.439 e. The summed E-state index contributed by atoms with van der Waals surface area (Å²) >= 11 is 0. The first-order valence-electron chi connectivity index (χ1n) is 7.73. The number of rotatable bonds is 3. The normalized spacial score (nSPS) is 28.9. The summed E-state index contributed by atoms with van der Waals surface area (Å²) in [7, 11) is 0. The SMILES string of the molecule is OC1CC2CCC(C1)N2Cc1ncc(-c2ccccc2)o1. The molecule has 0 aliphatic carbocycles. The largest absolute Gasteiger partial charge is 0.439 e. The van der Waals surface area contributed by atoms with Crippen LogP contribution in [0.15, 0.2) is 40.9 Å². The van der Waals surface area contributed by atoms with Gasteiger partial charge in [0.2, 0.25) is 5.89 Å². The number of aliphatic hydroxyl groups is 1. The fraction of sp³-hybridized carbons (Fsp3) is 0.471. The maximum absolute atomic E-state index is 9.86. The van der Waals surface area contributed by atoms with Crippen LogP contribution in [0.5, 0.6) is 0 Å². The van der Waals surface area contributed by atoms with Gasteiger partial charge in [0.05, 0.1) is 18.8 Å². The molecule has 0 spiro atoms. The molecular weight excluding hydrogens is 264 g/mol. The summed E-state index contributed by atoms with van der Waals surface area (Å²) in [5.41, 5.74) is 1.06. The summed E-state index contributed by atoms with van der Waals surface area (Å²) < 4.78 is 5.91. The van der Waals surface area contributed by atoms with Crippen molar-refractivity contribution in [2.24, 2.45) is 0 Å². The van der Waals surface area contributed by atoms with Gasteiger partial charge in [0.25, 0.3) is 0 Å². The summed E-state index contributed by atoms with van der Waals surface area (Å²) in [6.45, 7) is 0.759. The Morgan fingerprint density at radius 2 is 1.86 bits per heavy atom. The summed E-state index contributed by atoms with van der Waals surface area (Å²) in [5, 5.41) is 9.86. The van der Waals surface area contributed by atoms with E-state index in [2.05, 4.69) is 9.88 Å². The molecule has 2 aromatic rings. The monoisotopic (exact) mass is 284 g/mol. The molecule has 2 atom stereocenters. The third-order valence-electron chi connectivity index (χ3n) is 4.79. The van der Waals surface area contributed by atoms with Crippen LogP contribution in [0.2, 0.25) is 0 Å². The standard InChI is InChI=1S/C17H20N2O2/c20-15-8-13-6-7-14(9-15)19(13)11-17-18-10-16(21-17)12-4-2-1-3-5-12/h1-5,10,13-15,20H,6-9,11H2. The molecule has 2 bridgehead atoms. The van der Waals surface area contributed by atoms with Gasteiger partial charge in [-0.05, 0) is 25.7 Å². The summed E-state index contributed by atoms with van der Waals surface area (Å²) in [6, 6.07) is 11.1. The second-order valence-electron chi connectivity index (χ2n) is 6.17. The Morgan fingerprint density at radius 1 is 1.14 bits per heavy atom. The second-order valence-corrected chi connectivity index (χ2v) is 6.17. The number of piperidine rings is 1. The van der Waals surface area contributed by atoms with E-state index in [1.165, 1.54) is 12.8 Å². The zero-order chi connectivity index (χ0) is 14.2. The van der Waals surface area contributed by atoms with Gasteiger partial charge in [-0.2, -0.15) is 0 Å². The molecule has 2 aliphatic heterocycles. The van der Waals surface area contributed by atoms with E-state index in [9.17, 15) is 5.11 Å². The summed E-state index contributed by atoms with van der Waals surface area (Å²) in [5.74, 6) is 1.61. The lowest BCUT2D eigenvalue weighted by molar-refractivity contribution is 0.0267. The Bertz CT molecular complexity index is 596. The zero-order valence-electron chi connectivity index (χ0n) is 12.0. The van der Waals surface area contributed by atoms with Crippen LogP contribution in [0.25, 0.3) is 11.3 Å². The lowest BCUT2D eigenvalue weighted by Gasteiger charge is -2.36. The van der Waals surface area contributed by atoms with Gasteiger partial charge in [-0.1, -0.05) is 30.3 Å². The number of hydrogen-bond acceptors (Lipinski definition) is 4. The molecule has 2 saturated heterocycles. The molecule has 1 N–H and O–H groups in total. The van der Waals surface area contributed by atoms with E-state index >= 15 is 0 Å². The Kier molecular flexibility index (Phi) is 3.28. The Hall–Kier alpha value is -1.65. The quantitative estimate of drug-likeness (QED) is 0.941. The van der Waals surface area contributed by atoms with E-state index in [-0.39, 0.29) is 6.10 Å². The molecule has 3 heterocycles. The van der Waals surface area contributed by atoms with Gasteiger partial charge in [-0.25, -0.2) is 4.98 Å². The third-order valence-corrected chi connectivity index (χ3v) is 4.79. The zero-order valence-corrected chi connectivity index (χ0v) is 12.0. The molecule has 0 radical (unpaired) electrons. The second kappa shape index (κ2) is 5.28. The van der Waals surface area contributed by atoms with E-state index < -0.39 is 0 Å². The van der Waals surface area contributed by atoms with Gasteiger partial charge in [-0.3, -0.25) is 4.90 Å². The maximum atomic E-state index is 9.86. The van der Waals surface area contributed by atoms with Gasteiger partial charge >= 0.3 is 0 Å². The van der Waals surface area contributed by atoms with Crippen molar-refractivity contribution in [3.8, 4) is 11.3 Å². The third kappa shape index (κ3) is 2.49. The van der Waals surface area contributed by atoms with Gasteiger partial charge < -0.3 is 9.52 Å². The van der Waals surface area contributed by atoms with Gasteiger partial charge in [-0.15, -0.1) is 0 Å². The average molecular weight is 284 g/mol. The highest BCUT2D eigenvalue weighted by molar-refractivity contribution is 5.55. The number of hydrogen-bond donors (Lipinski definition) is 1. The number of aliphatic hydroxyl groups excluding tert-OH is 1. The molecular formula is C17H20N2O2. The van der Waals surface area contributed by atoms with Gasteiger partial charge in [0, 0.05) is 17.6 Å². The molecule has 0 saturated carbocycles. The smallest absolute Gasteiger partial charge is 0.209 e. The van der Waals surface area contributed by atoms with Crippen LogP contribution in [0.3, 0.4) is 0 Å². The van der Waals surface area contributed by atoms with Crippen molar-refractivity contribution in [2.45, 2.75) is 50.4 Å². The van der Waals surface area contributed by atoms with E-state index in [1.54, 1.807) is 0 Å². The van der Waals surface area contributed by atoms with Crippen molar-refractivity contribution in [3.05, 3.63) is 42.4 Å². The Balaban J connectivity index is 1.50. The molecule has 2 aliphatic rings. The van der Waals surface area contributed by atoms with Crippen molar-refractivity contribution in [1.82, 2.24) is 9.88 Å². The predicted octanol–water partition coefficient (Wildman–Crippen LogP) is 2.83. The number of benzene rings is 1. The molecule has 0 amide bonds. The minimum absolute atomic E-state index is 0.122. The number of oxazole rings is 1. The number of aromatic nitrogens is 1. The lowest BCUT2D eigenvalue weighted by Crippen LogP contribution is -2.44. The number of fused-ring (bicyclic) bond motifs is 2. The average Bonchev–Trinajstić information content (AvgIpc) is 3.05. The van der Waals surface area contributed by atoms with Crippen molar-refractivity contribution in [1.29, 1.82) is 0 Å². The van der Waals surface area contributed by atoms with Gasteiger partial charge in [0.1, 0.15) is 0 Å². The first kappa shape index (κ1) is 13.0. The highest BCUT2D eigenvalue weighted by Crippen LogP contribution is 2.36. The van der Waals surface area contributed by atoms with E-state index in [1.807, 2.05) is 36.5 Å².